The Balaban J connectivity index is 0.821. The summed E-state index contributed by atoms with van der Waals surface area (Å²) in [5.41, 5.74) is -2.05. The summed E-state index contributed by atoms with van der Waals surface area (Å²) in [5.74, 6) is -3.01. The molecule has 3 aromatic rings. The van der Waals surface area contributed by atoms with Crippen LogP contribution >= 0.6 is 11.1 Å². The van der Waals surface area contributed by atoms with Crippen LogP contribution in [-0.2, 0) is 26.0 Å². The highest BCUT2D eigenvalue weighted by Crippen LogP contribution is 2.50. The zero-order chi connectivity index (χ0) is 44.0. The number of benzene rings is 3. The average molecular weight is 876 g/mol. The Morgan fingerprint density at radius 1 is 0.919 bits per heavy atom. The molecule has 5 amide bonds. The highest BCUT2D eigenvalue weighted by molar-refractivity contribution is 8.28. The number of carbonyl (C=O) groups excluding carboxylic acids is 6. The molecule has 6 heterocycles. The van der Waals surface area contributed by atoms with Gasteiger partial charge in [-0.1, -0.05) is 11.1 Å². The van der Waals surface area contributed by atoms with Gasteiger partial charge in [0.2, 0.25) is 16.9 Å². The molecule has 3 aromatic carbocycles. The minimum Gasteiger partial charge on any atom is -0.492 e. The number of anilines is 1. The molecule has 6 aliphatic heterocycles. The summed E-state index contributed by atoms with van der Waals surface area (Å²) >= 11 is -2.03. The molecule has 19 heteroatoms. The number of fused-ring (bicyclic) bond motifs is 3. The fourth-order valence-corrected chi connectivity index (χ4v) is 11.8. The van der Waals surface area contributed by atoms with Crippen molar-refractivity contribution in [2.24, 2.45) is 0 Å². The Morgan fingerprint density at radius 3 is 2.26 bits per heavy atom. The first-order chi connectivity index (χ1) is 29.4. The van der Waals surface area contributed by atoms with E-state index in [-0.39, 0.29) is 51.6 Å². The van der Waals surface area contributed by atoms with Crippen LogP contribution in [0.3, 0.4) is 0 Å². The highest BCUT2D eigenvalue weighted by atomic mass is 32.2. The lowest BCUT2D eigenvalue weighted by Crippen LogP contribution is -2.54. The summed E-state index contributed by atoms with van der Waals surface area (Å²) in [6.07, 6.45) is -1.93. The first-order valence-corrected chi connectivity index (χ1v) is 21.6. The van der Waals surface area contributed by atoms with Gasteiger partial charge in [0.15, 0.2) is 0 Å². The standard InChI is InChI=1S/C43H41F4N7O7S/c1-41(2)40(60)62(26-5-3-23(21-48)30(18-26)43(45,46)47)50-54(41)25-4-6-27(32(44)17-25)37(57)52-13-9-24(10-14-52)51-15-11-42(12-16-51)22-61-34-20-29-28(19-31(34)42)38(58)53(39(29)59)33-7-8-35(55)49-36(33)56/h3-6,17-20,24,33,50,62H,7-16,22H2,1-2H3,(H,49,55,56). The number of imide groups is 2. The van der Waals surface area contributed by atoms with Crippen molar-refractivity contribution in [3.8, 4) is 11.8 Å². The SMILES string of the molecule is CC1(C)C(=O)[SH](c2ccc(C#N)c(C(F)(F)F)c2)NN1c1ccc(C(=O)N2CCC(N3CCC4(CC3)COc3cc5c(cc34)C(=O)N(C3CCC(=O)NC3=O)C5=O)CC2)c(F)c1. The van der Waals surface area contributed by atoms with Crippen molar-refractivity contribution < 1.29 is 51.1 Å². The van der Waals surface area contributed by atoms with E-state index < -0.39 is 80.4 Å². The normalized spacial score (nSPS) is 24.3. The van der Waals surface area contributed by atoms with E-state index in [2.05, 4.69) is 15.0 Å². The first-order valence-electron chi connectivity index (χ1n) is 20.3. The average Bonchev–Trinajstić information content (AvgIpc) is 3.80. The predicted molar refractivity (Wildman–Crippen MR) is 215 cm³/mol. The van der Waals surface area contributed by atoms with E-state index in [0.29, 0.717) is 38.3 Å². The molecule has 0 radical (unpaired) electrons. The van der Waals surface area contributed by atoms with Gasteiger partial charge in [-0.15, -0.1) is 0 Å². The van der Waals surface area contributed by atoms with E-state index in [1.54, 1.807) is 30.9 Å². The Bertz CT molecular complexity index is 2530. The van der Waals surface area contributed by atoms with Crippen LogP contribution in [0.15, 0.2) is 53.4 Å². The van der Waals surface area contributed by atoms with Gasteiger partial charge < -0.3 is 14.5 Å². The smallest absolute Gasteiger partial charge is 0.417 e. The van der Waals surface area contributed by atoms with Gasteiger partial charge in [0, 0.05) is 41.4 Å². The number of alkyl halides is 3. The van der Waals surface area contributed by atoms with Crippen molar-refractivity contribution >= 4 is 51.4 Å². The van der Waals surface area contributed by atoms with E-state index in [1.807, 2.05) is 0 Å². The topological polar surface area (TPSA) is 172 Å². The molecule has 0 aliphatic carbocycles. The second-order valence-electron chi connectivity index (χ2n) is 17.1. The Hall–Kier alpha value is -5.84. The maximum absolute atomic E-state index is 15.8. The van der Waals surface area contributed by atoms with Gasteiger partial charge in [0.25, 0.3) is 17.7 Å². The van der Waals surface area contributed by atoms with Crippen LogP contribution in [0.1, 0.15) is 100 Å². The number of rotatable bonds is 5. The Kier molecular flexibility index (Phi) is 9.98. The summed E-state index contributed by atoms with van der Waals surface area (Å²) in [6.45, 7) is 5.79. The zero-order valence-corrected chi connectivity index (χ0v) is 34.5. The van der Waals surface area contributed by atoms with Crippen LogP contribution < -0.4 is 19.9 Å². The number of hydrogen-bond acceptors (Lipinski definition) is 11. The number of hydrogen-bond donors (Lipinski definition) is 3. The third-order valence-electron chi connectivity index (χ3n) is 13.3. The summed E-state index contributed by atoms with van der Waals surface area (Å²) in [6, 6.07) is 11.1. The van der Waals surface area contributed by atoms with Crippen molar-refractivity contribution in [3.05, 3.63) is 87.7 Å². The van der Waals surface area contributed by atoms with Gasteiger partial charge in [-0.05, 0) is 108 Å². The number of ether oxygens (including phenoxy) is 1. The van der Waals surface area contributed by atoms with Crippen LogP contribution in [-0.4, -0.2) is 99.8 Å². The molecule has 14 nitrogen and oxygen atoms in total. The fourth-order valence-electron chi connectivity index (χ4n) is 9.67. The van der Waals surface area contributed by atoms with Crippen molar-refractivity contribution in [1.82, 2.24) is 24.8 Å². The zero-order valence-electron chi connectivity index (χ0n) is 33.6. The van der Waals surface area contributed by atoms with Gasteiger partial charge in [0.05, 0.1) is 46.2 Å². The van der Waals surface area contributed by atoms with E-state index >= 15 is 4.39 Å². The molecule has 2 unspecified atom stereocenters. The van der Waals surface area contributed by atoms with Gasteiger partial charge in [0.1, 0.15) is 23.1 Å². The van der Waals surface area contributed by atoms with E-state index in [9.17, 15) is 47.2 Å². The van der Waals surface area contributed by atoms with Gasteiger partial charge in [-0.2, -0.15) is 23.3 Å². The Morgan fingerprint density at radius 2 is 1.61 bits per heavy atom. The van der Waals surface area contributed by atoms with Gasteiger partial charge in [-0.3, -0.25) is 44.0 Å². The molecule has 2 N–H and O–H groups in total. The largest absolute Gasteiger partial charge is 0.492 e. The molecule has 324 valence electrons. The molecule has 1 spiro atoms. The lowest BCUT2D eigenvalue weighted by Gasteiger charge is -2.44. The van der Waals surface area contributed by atoms with Crippen LogP contribution in [0.5, 0.6) is 5.75 Å². The Labute approximate surface area is 355 Å². The molecule has 0 saturated carbocycles. The molecular formula is C43H41F4N7O7S. The number of nitrogens with one attached hydrogen (secondary N) is 2. The van der Waals surface area contributed by atoms with Crippen LogP contribution in [0.4, 0.5) is 23.2 Å². The number of amides is 5. The fraction of sp³-hybridized carbons (Fsp3) is 0.419. The van der Waals surface area contributed by atoms with Gasteiger partial charge in [-0.25, -0.2) is 4.39 Å². The van der Waals surface area contributed by atoms with Crippen molar-refractivity contribution in [2.45, 2.75) is 86.5 Å². The third-order valence-corrected chi connectivity index (χ3v) is 15.4. The van der Waals surface area contributed by atoms with Crippen molar-refractivity contribution in [2.75, 3.05) is 37.8 Å². The maximum atomic E-state index is 15.8. The van der Waals surface area contributed by atoms with E-state index in [4.69, 9.17) is 4.74 Å². The second kappa shape index (κ2) is 14.9. The van der Waals surface area contributed by atoms with Crippen molar-refractivity contribution in [3.63, 3.8) is 0 Å². The number of hydrazine groups is 1. The molecular weight excluding hydrogens is 835 g/mol. The second-order valence-corrected chi connectivity index (χ2v) is 18.9. The highest BCUT2D eigenvalue weighted by Gasteiger charge is 2.50. The lowest BCUT2D eigenvalue weighted by atomic mass is 9.73. The summed E-state index contributed by atoms with van der Waals surface area (Å²) < 4.78 is 63.1. The lowest BCUT2D eigenvalue weighted by molar-refractivity contribution is -0.138. The molecule has 0 bridgehead atoms. The third kappa shape index (κ3) is 6.70. The van der Waals surface area contributed by atoms with Crippen LogP contribution in [0.25, 0.3) is 0 Å². The first kappa shape index (κ1) is 41.5. The van der Waals surface area contributed by atoms with E-state index in [1.165, 1.54) is 29.3 Å². The summed E-state index contributed by atoms with van der Waals surface area (Å²) in [4.78, 5) is 86.3. The molecule has 0 aromatic heterocycles. The quantitative estimate of drug-likeness (QED) is 0.184. The molecule has 4 saturated heterocycles. The predicted octanol–water partition coefficient (Wildman–Crippen LogP) is 4.75. The monoisotopic (exact) mass is 875 g/mol. The maximum Gasteiger partial charge on any atom is 0.417 e. The number of nitrogens with zero attached hydrogens (tertiary/aromatic N) is 5. The molecule has 62 heavy (non-hydrogen) atoms. The molecule has 2 atom stereocenters. The summed E-state index contributed by atoms with van der Waals surface area (Å²) in [7, 11) is 0. The number of piperidine rings is 3. The van der Waals surface area contributed by atoms with Crippen LogP contribution in [0, 0.1) is 17.1 Å². The molecule has 6 aliphatic rings. The minimum atomic E-state index is -4.81. The molecule has 9 rings (SSSR count). The minimum absolute atomic E-state index is 0.0296. The van der Waals surface area contributed by atoms with Crippen LogP contribution in [0.2, 0.25) is 0 Å². The van der Waals surface area contributed by atoms with Gasteiger partial charge >= 0.3 is 6.18 Å². The summed E-state index contributed by atoms with van der Waals surface area (Å²) in [5, 5.41) is 12.4. The number of halogens is 4. The number of carbonyl (C=O) groups is 6. The molecule has 4 fully saturated rings. The number of nitriles is 1. The van der Waals surface area contributed by atoms with Crippen molar-refractivity contribution in [1.29, 1.82) is 5.26 Å². The van der Waals surface area contributed by atoms with E-state index in [0.717, 1.165) is 54.6 Å². The number of likely N-dealkylation sites (tertiary alicyclic amines) is 2. The number of thiol groups is 1.